The van der Waals surface area contributed by atoms with Gasteiger partial charge in [0.05, 0.1) is 0 Å². The van der Waals surface area contributed by atoms with Crippen molar-refractivity contribution in [3.05, 3.63) is 42.5 Å². The van der Waals surface area contributed by atoms with Crippen LogP contribution < -0.4 is 5.32 Å². The van der Waals surface area contributed by atoms with E-state index in [9.17, 15) is 0 Å². The monoisotopic (exact) mass is 199 g/mol. The molecule has 0 saturated heterocycles. The number of fused-ring (bicyclic) bond motifs is 2. The van der Waals surface area contributed by atoms with Crippen molar-refractivity contribution in [2.75, 3.05) is 11.9 Å². The lowest BCUT2D eigenvalue weighted by Gasteiger charge is -2.19. The fraction of sp³-hybridized carbons (Fsp3) is 0.429. The summed E-state index contributed by atoms with van der Waals surface area (Å²) in [5.74, 6) is 2.60. The lowest BCUT2D eigenvalue weighted by molar-refractivity contribution is 0.472. The molecule has 0 heterocycles. The van der Waals surface area contributed by atoms with Gasteiger partial charge in [-0.05, 0) is 42.7 Å². The molecule has 2 aliphatic rings. The van der Waals surface area contributed by atoms with E-state index in [0.29, 0.717) is 0 Å². The second-order valence-electron chi connectivity index (χ2n) is 4.79. The first-order valence-corrected chi connectivity index (χ1v) is 5.89. The predicted molar refractivity (Wildman–Crippen MR) is 63.8 cm³/mol. The second-order valence-corrected chi connectivity index (χ2v) is 4.79. The Morgan fingerprint density at radius 1 is 1.07 bits per heavy atom. The molecule has 0 aliphatic heterocycles. The van der Waals surface area contributed by atoms with Gasteiger partial charge in [0.1, 0.15) is 0 Å². The van der Waals surface area contributed by atoms with Crippen LogP contribution in [0.3, 0.4) is 0 Å². The summed E-state index contributed by atoms with van der Waals surface area (Å²) in [6.45, 7) is 1.13. The van der Waals surface area contributed by atoms with Crippen LogP contribution in [0.25, 0.3) is 0 Å². The molecule has 1 aromatic carbocycles. The van der Waals surface area contributed by atoms with Gasteiger partial charge in [-0.3, -0.25) is 0 Å². The number of anilines is 1. The Bertz CT molecular complexity index is 355. The summed E-state index contributed by atoms with van der Waals surface area (Å²) in [7, 11) is 0. The second kappa shape index (κ2) is 3.73. The van der Waals surface area contributed by atoms with Crippen LogP contribution in [0.1, 0.15) is 12.8 Å². The smallest absolute Gasteiger partial charge is 0.0340 e. The van der Waals surface area contributed by atoms with Gasteiger partial charge < -0.3 is 5.32 Å². The van der Waals surface area contributed by atoms with Gasteiger partial charge in [0.2, 0.25) is 0 Å². The molecule has 1 nitrogen and oxygen atoms in total. The molecular weight excluding hydrogens is 182 g/mol. The molecule has 0 amide bonds. The first-order chi connectivity index (χ1) is 7.42. The van der Waals surface area contributed by atoms with E-state index in [1.807, 2.05) is 0 Å². The lowest BCUT2D eigenvalue weighted by atomic mass is 9.93. The third kappa shape index (κ3) is 1.79. The van der Waals surface area contributed by atoms with Gasteiger partial charge in [-0.2, -0.15) is 0 Å². The predicted octanol–water partition coefficient (Wildman–Crippen LogP) is 3.31. The summed E-state index contributed by atoms with van der Waals surface area (Å²) in [4.78, 5) is 0. The van der Waals surface area contributed by atoms with Gasteiger partial charge in [0.25, 0.3) is 0 Å². The van der Waals surface area contributed by atoms with Gasteiger partial charge in [-0.25, -0.2) is 0 Å². The largest absolute Gasteiger partial charge is 0.385 e. The van der Waals surface area contributed by atoms with E-state index in [0.717, 1.165) is 24.3 Å². The zero-order valence-electron chi connectivity index (χ0n) is 8.89. The Hall–Kier alpha value is -1.24. The number of hydrogen-bond donors (Lipinski definition) is 1. The number of nitrogens with one attached hydrogen (secondary N) is 1. The Kier molecular flexibility index (Phi) is 2.24. The standard InChI is InChI=1S/C14H17N/c1-2-4-14(5-3-1)15-10-13-9-11-6-7-12(13)8-11/h1-7,11-13,15H,8-10H2/t11-,12-,13+/m0/s1. The van der Waals surface area contributed by atoms with E-state index in [2.05, 4.69) is 47.8 Å². The summed E-state index contributed by atoms with van der Waals surface area (Å²) in [5.41, 5.74) is 1.25. The minimum absolute atomic E-state index is 0.853. The molecule has 0 aromatic heterocycles. The van der Waals surface area contributed by atoms with E-state index in [-0.39, 0.29) is 0 Å². The maximum atomic E-state index is 3.54. The molecule has 1 heteroatoms. The molecule has 3 rings (SSSR count). The van der Waals surface area contributed by atoms with Crippen LogP contribution in [-0.2, 0) is 0 Å². The maximum Gasteiger partial charge on any atom is 0.0340 e. The zero-order chi connectivity index (χ0) is 10.1. The zero-order valence-corrected chi connectivity index (χ0v) is 8.89. The van der Waals surface area contributed by atoms with Crippen molar-refractivity contribution in [1.82, 2.24) is 0 Å². The molecule has 2 bridgehead atoms. The number of para-hydroxylation sites is 1. The minimum atomic E-state index is 0.853. The first kappa shape index (κ1) is 9.02. The average molecular weight is 199 g/mol. The third-order valence-corrected chi connectivity index (χ3v) is 3.76. The highest BCUT2D eigenvalue weighted by Crippen LogP contribution is 2.43. The van der Waals surface area contributed by atoms with Gasteiger partial charge in [-0.15, -0.1) is 0 Å². The number of rotatable bonds is 3. The number of allylic oxidation sites excluding steroid dienone is 2. The Morgan fingerprint density at radius 3 is 2.60 bits per heavy atom. The van der Waals surface area contributed by atoms with E-state index in [1.54, 1.807) is 0 Å². The molecule has 1 saturated carbocycles. The lowest BCUT2D eigenvalue weighted by Crippen LogP contribution is -2.18. The molecular formula is C14H17N. The third-order valence-electron chi connectivity index (χ3n) is 3.76. The van der Waals surface area contributed by atoms with E-state index < -0.39 is 0 Å². The summed E-state index contributed by atoms with van der Waals surface area (Å²) in [6.07, 6.45) is 7.62. The maximum absolute atomic E-state index is 3.54. The van der Waals surface area contributed by atoms with Crippen molar-refractivity contribution < 1.29 is 0 Å². The van der Waals surface area contributed by atoms with Crippen LogP contribution in [-0.4, -0.2) is 6.54 Å². The van der Waals surface area contributed by atoms with E-state index >= 15 is 0 Å². The number of hydrogen-bond acceptors (Lipinski definition) is 1. The Balaban J connectivity index is 1.57. The SMILES string of the molecule is C1=C[C@H]2C[C@H]1C[C@@H]2CNc1ccccc1. The van der Waals surface area contributed by atoms with Gasteiger partial charge >= 0.3 is 0 Å². The minimum Gasteiger partial charge on any atom is -0.385 e. The van der Waals surface area contributed by atoms with E-state index in [1.165, 1.54) is 18.5 Å². The highest BCUT2D eigenvalue weighted by atomic mass is 14.9. The molecule has 0 spiro atoms. The van der Waals surface area contributed by atoms with Gasteiger partial charge in [-0.1, -0.05) is 30.4 Å². The number of benzene rings is 1. The molecule has 1 aromatic rings. The summed E-state index contributed by atoms with van der Waals surface area (Å²) in [5, 5.41) is 3.54. The Morgan fingerprint density at radius 2 is 1.93 bits per heavy atom. The summed E-state index contributed by atoms with van der Waals surface area (Å²) >= 11 is 0. The molecule has 15 heavy (non-hydrogen) atoms. The van der Waals surface area contributed by atoms with Crippen molar-refractivity contribution in [2.24, 2.45) is 17.8 Å². The molecule has 78 valence electrons. The first-order valence-electron chi connectivity index (χ1n) is 5.89. The van der Waals surface area contributed by atoms with Crippen molar-refractivity contribution in [3.63, 3.8) is 0 Å². The van der Waals surface area contributed by atoms with Crippen LogP contribution in [0.5, 0.6) is 0 Å². The molecule has 1 N–H and O–H groups in total. The molecule has 2 aliphatic carbocycles. The average Bonchev–Trinajstić information content (AvgIpc) is 2.89. The van der Waals surface area contributed by atoms with Crippen LogP contribution in [0, 0.1) is 17.8 Å². The highest BCUT2D eigenvalue weighted by molar-refractivity contribution is 5.42. The summed E-state index contributed by atoms with van der Waals surface area (Å²) in [6, 6.07) is 10.5. The van der Waals surface area contributed by atoms with Crippen molar-refractivity contribution in [2.45, 2.75) is 12.8 Å². The fourth-order valence-electron chi connectivity index (χ4n) is 2.93. The van der Waals surface area contributed by atoms with Crippen molar-refractivity contribution in [3.8, 4) is 0 Å². The van der Waals surface area contributed by atoms with Crippen molar-refractivity contribution in [1.29, 1.82) is 0 Å². The van der Waals surface area contributed by atoms with Crippen LogP contribution >= 0.6 is 0 Å². The molecule has 0 radical (unpaired) electrons. The van der Waals surface area contributed by atoms with Crippen LogP contribution in [0.4, 0.5) is 5.69 Å². The van der Waals surface area contributed by atoms with Gasteiger partial charge in [0.15, 0.2) is 0 Å². The van der Waals surface area contributed by atoms with Crippen LogP contribution in [0.15, 0.2) is 42.5 Å². The topological polar surface area (TPSA) is 12.0 Å². The Labute approximate surface area is 91.2 Å². The van der Waals surface area contributed by atoms with E-state index in [4.69, 9.17) is 0 Å². The molecule has 3 atom stereocenters. The highest BCUT2D eigenvalue weighted by Gasteiger charge is 2.34. The normalized spacial score (nSPS) is 32.1. The molecule has 1 fully saturated rings. The summed E-state index contributed by atoms with van der Waals surface area (Å²) < 4.78 is 0. The van der Waals surface area contributed by atoms with Crippen molar-refractivity contribution >= 4 is 5.69 Å². The van der Waals surface area contributed by atoms with Gasteiger partial charge in [0, 0.05) is 12.2 Å². The quantitative estimate of drug-likeness (QED) is 0.736. The van der Waals surface area contributed by atoms with Crippen LogP contribution in [0.2, 0.25) is 0 Å². The fourth-order valence-corrected chi connectivity index (χ4v) is 2.93. The molecule has 0 unspecified atom stereocenters.